The van der Waals surface area contributed by atoms with Crippen LogP contribution in [0.25, 0.3) is 0 Å². The summed E-state index contributed by atoms with van der Waals surface area (Å²) in [6.07, 6.45) is 1.38. The Labute approximate surface area is 93.7 Å². The number of carbonyl (C=O) groups is 1. The number of ether oxygens (including phenoxy) is 1. The molecule has 0 aliphatic heterocycles. The van der Waals surface area contributed by atoms with E-state index in [0.717, 1.165) is 9.88 Å². The van der Waals surface area contributed by atoms with E-state index < -0.39 is 11.7 Å². The predicted octanol–water partition coefficient (Wildman–Crippen LogP) is 2.48. The summed E-state index contributed by atoms with van der Waals surface area (Å²) in [6.45, 7) is 7.91. The summed E-state index contributed by atoms with van der Waals surface area (Å²) < 4.78 is 5.09. The van der Waals surface area contributed by atoms with Gasteiger partial charge in [-0.05, 0) is 27.7 Å². The Kier molecular flexibility index (Phi) is 3.68. The molecule has 0 bridgehead atoms. The molecule has 0 aliphatic rings. The van der Waals surface area contributed by atoms with Gasteiger partial charge in [-0.2, -0.15) is 0 Å². The van der Waals surface area contributed by atoms with Gasteiger partial charge >= 0.3 is 6.09 Å². The zero-order chi connectivity index (χ0) is 11.5. The second kappa shape index (κ2) is 4.61. The minimum atomic E-state index is -0.455. The molecule has 0 atom stereocenters. The van der Waals surface area contributed by atoms with E-state index in [1.54, 1.807) is 17.5 Å². The van der Waals surface area contributed by atoms with Crippen molar-refractivity contribution in [3.63, 3.8) is 0 Å². The number of thiazole rings is 1. The molecular formula is C10H16N2O2S. The number of aryl methyl sites for hydroxylation is 1. The first kappa shape index (κ1) is 12.0. The van der Waals surface area contributed by atoms with E-state index in [2.05, 4.69) is 10.3 Å². The monoisotopic (exact) mass is 228 g/mol. The molecule has 0 unspecified atom stereocenters. The SMILES string of the molecule is Cc1cnc(CNC(=O)OC(C)(C)C)s1. The van der Waals surface area contributed by atoms with Gasteiger partial charge in [-0.15, -0.1) is 11.3 Å². The van der Waals surface area contributed by atoms with Gasteiger partial charge in [0.1, 0.15) is 10.6 Å². The minimum Gasteiger partial charge on any atom is -0.444 e. The maximum atomic E-state index is 11.3. The number of rotatable bonds is 2. The Bertz CT molecular complexity index is 341. The van der Waals surface area contributed by atoms with Gasteiger partial charge in [-0.3, -0.25) is 0 Å². The second-order valence-corrected chi connectivity index (χ2v) is 5.54. The summed E-state index contributed by atoms with van der Waals surface area (Å²) in [5, 5.41) is 3.54. The molecule has 1 aromatic rings. The number of nitrogens with one attached hydrogen (secondary N) is 1. The summed E-state index contributed by atoms with van der Waals surface area (Å²) in [7, 11) is 0. The third kappa shape index (κ3) is 4.78. The van der Waals surface area contributed by atoms with Gasteiger partial charge in [-0.1, -0.05) is 0 Å². The van der Waals surface area contributed by atoms with Crippen molar-refractivity contribution >= 4 is 17.4 Å². The van der Waals surface area contributed by atoms with E-state index in [1.807, 2.05) is 27.7 Å². The zero-order valence-corrected chi connectivity index (χ0v) is 10.3. The molecule has 5 heteroatoms. The Hall–Kier alpha value is -1.10. The number of alkyl carbamates (subject to hydrolysis) is 1. The topological polar surface area (TPSA) is 51.2 Å². The van der Waals surface area contributed by atoms with Gasteiger partial charge in [0.15, 0.2) is 0 Å². The van der Waals surface area contributed by atoms with Gasteiger partial charge in [0, 0.05) is 11.1 Å². The fraction of sp³-hybridized carbons (Fsp3) is 0.600. The van der Waals surface area contributed by atoms with Gasteiger partial charge < -0.3 is 10.1 Å². The van der Waals surface area contributed by atoms with Crippen molar-refractivity contribution in [1.82, 2.24) is 10.3 Å². The summed E-state index contributed by atoms with van der Waals surface area (Å²) >= 11 is 1.57. The minimum absolute atomic E-state index is 0.407. The van der Waals surface area contributed by atoms with Crippen LogP contribution in [0.3, 0.4) is 0 Å². The number of hydrogen-bond acceptors (Lipinski definition) is 4. The maximum Gasteiger partial charge on any atom is 0.408 e. The van der Waals surface area contributed by atoms with Crippen LogP contribution in [0.2, 0.25) is 0 Å². The highest BCUT2D eigenvalue weighted by Crippen LogP contribution is 2.11. The normalized spacial score (nSPS) is 11.2. The molecule has 4 nitrogen and oxygen atoms in total. The molecule has 1 N–H and O–H groups in total. The van der Waals surface area contributed by atoms with Crippen LogP contribution in [-0.2, 0) is 11.3 Å². The van der Waals surface area contributed by atoms with Crippen LogP contribution in [0, 0.1) is 6.92 Å². The van der Waals surface area contributed by atoms with E-state index in [1.165, 1.54) is 0 Å². The van der Waals surface area contributed by atoms with E-state index in [-0.39, 0.29) is 0 Å². The number of nitrogens with zero attached hydrogens (tertiary/aromatic N) is 1. The highest BCUT2D eigenvalue weighted by atomic mass is 32.1. The van der Waals surface area contributed by atoms with E-state index in [4.69, 9.17) is 4.74 Å². The van der Waals surface area contributed by atoms with Crippen molar-refractivity contribution in [3.05, 3.63) is 16.1 Å². The predicted molar refractivity (Wildman–Crippen MR) is 59.9 cm³/mol. The molecule has 1 heterocycles. The van der Waals surface area contributed by atoms with Crippen molar-refractivity contribution in [2.45, 2.75) is 39.8 Å². The van der Waals surface area contributed by atoms with Crippen LogP contribution < -0.4 is 5.32 Å². The number of carbonyl (C=O) groups excluding carboxylic acids is 1. The molecule has 0 aliphatic carbocycles. The lowest BCUT2D eigenvalue weighted by molar-refractivity contribution is 0.0523. The lowest BCUT2D eigenvalue weighted by Crippen LogP contribution is -2.32. The van der Waals surface area contributed by atoms with Crippen LogP contribution in [0.1, 0.15) is 30.7 Å². The number of aromatic nitrogens is 1. The van der Waals surface area contributed by atoms with Gasteiger partial charge in [0.05, 0.1) is 6.54 Å². The summed E-state index contributed by atoms with van der Waals surface area (Å²) in [6, 6.07) is 0. The highest BCUT2D eigenvalue weighted by Gasteiger charge is 2.15. The second-order valence-electron chi connectivity index (χ2n) is 4.22. The first-order valence-corrected chi connectivity index (χ1v) is 5.56. The van der Waals surface area contributed by atoms with Crippen molar-refractivity contribution in [2.24, 2.45) is 0 Å². The fourth-order valence-corrected chi connectivity index (χ4v) is 1.67. The molecule has 0 fully saturated rings. The van der Waals surface area contributed by atoms with Gasteiger partial charge in [0.25, 0.3) is 0 Å². The highest BCUT2D eigenvalue weighted by molar-refractivity contribution is 7.11. The molecule has 15 heavy (non-hydrogen) atoms. The van der Waals surface area contributed by atoms with E-state index in [0.29, 0.717) is 6.54 Å². The molecule has 1 aromatic heterocycles. The van der Waals surface area contributed by atoms with Crippen LogP contribution in [0.5, 0.6) is 0 Å². The van der Waals surface area contributed by atoms with Crippen molar-refractivity contribution < 1.29 is 9.53 Å². The first-order valence-electron chi connectivity index (χ1n) is 4.75. The quantitative estimate of drug-likeness (QED) is 0.846. The Morgan fingerprint density at radius 2 is 2.27 bits per heavy atom. The van der Waals surface area contributed by atoms with Crippen LogP contribution >= 0.6 is 11.3 Å². The van der Waals surface area contributed by atoms with Crippen molar-refractivity contribution in [1.29, 1.82) is 0 Å². The van der Waals surface area contributed by atoms with Crippen LogP contribution in [-0.4, -0.2) is 16.7 Å². The van der Waals surface area contributed by atoms with E-state index >= 15 is 0 Å². The molecule has 1 amide bonds. The lowest BCUT2D eigenvalue weighted by atomic mass is 10.2. The summed E-state index contributed by atoms with van der Waals surface area (Å²) in [5.41, 5.74) is -0.455. The number of hydrogen-bond donors (Lipinski definition) is 1. The molecule has 0 saturated carbocycles. The Morgan fingerprint density at radius 3 is 2.73 bits per heavy atom. The molecule has 0 radical (unpaired) electrons. The molecular weight excluding hydrogens is 212 g/mol. The smallest absolute Gasteiger partial charge is 0.408 e. The standard InChI is InChI=1S/C10H16N2O2S/c1-7-5-11-8(15-7)6-12-9(13)14-10(2,3)4/h5H,6H2,1-4H3,(H,12,13). The average Bonchev–Trinajstić information content (AvgIpc) is 2.45. The van der Waals surface area contributed by atoms with Crippen LogP contribution in [0.15, 0.2) is 6.20 Å². The van der Waals surface area contributed by atoms with Gasteiger partial charge in [0.2, 0.25) is 0 Å². The molecule has 0 spiro atoms. The maximum absolute atomic E-state index is 11.3. The third-order valence-corrected chi connectivity index (χ3v) is 2.36. The van der Waals surface area contributed by atoms with Crippen LogP contribution in [0.4, 0.5) is 4.79 Å². The van der Waals surface area contributed by atoms with E-state index in [9.17, 15) is 4.79 Å². The molecule has 1 rings (SSSR count). The molecule has 84 valence electrons. The van der Waals surface area contributed by atoms with Crippen molar-refractivity contribution in [2.75, 3.05) is 0 Å². The number of amides is 1. The Morgan fingerprint density at radius 1 is 1.60 bits per heavy atom. The Balaban J connectivity index is 2.35. The fourth-order valence-electron chi connectivity index (χ4n) is 0.945. The summed E-state index contributed by atoms with van der Waals surface area (Å²) in [5.74, 6) is 0. The van der Waals surface area contributed by atoms with Crippen molar-refractivity contribution in [3.8, 4) is 0 Å². The summed E-state index contributed by atoms with van der Waals surface area (Å²) in [4.78, 5) is 16.5. The zero-order valence-electron chi connectivity index (χ0n) is 9.46. The molecule has 0 aromatic carbocycles. The largest absolute Gasteiger partial charge is 0.444 e. The molecule has 0 saturated heterocycles. The van der Waals surface area contributed by atoms with Gasteiger partial charge in [-0.25, -0.2) is 9.78 Å². The lowest BCUT2D eigenvalue weighted by Gasteiger charge is -2.19. The average molecular weight is 228 g/mol. The first-order chi connectivity index (χ1) is 6.87. The third-order valence-electron chi connectivity index (χ3n) is 1.45.